The molecule has 6 heterocycles. The lowest BCUT2D eigenvalue weighted by molar-refractivity contribution is -0.136. The fourth-order valence-electron chi connectivity index (χ4n) is 10.2. The predicted octanol–water partition coefficient (Wildman–Crippen LogP) is 7.07. The van der Waals surface area contributed by atoms with Gasteiger partial charge in [-0.25, -0.2) is 4.98 Å². The van der Waals surface area contributed by atoms with Crippen LogP contribution in [-0.4, -0.2) is 127 Å². The Morgan fingerprint density at radius 3 is 2.24 bits per heavy atom. The van der Waals surface area contributed by atoms with Crippen LogP contribution in [0.25, 0.3) is 22.3 Å². The van der Waals surface area contributed by atoms with E-state index in [2.05, 4.69) is 87.1 Å². The molecule has 1 N–H and O–H groups in total. The molecule has 4 aromatic rings. The van der Waals surface area contributed by atoms with E-state index in [1.165, 1.54) is 84.5 Å². The van der Waals surface area contributed by atoms with Crippen LogP contribution in [0.15, 0.2) is 73.2 Å². The molecule has 1 atom stereocenters. The molecule has 1 unspecified atom stereocenters. The van der Waals surface area contributed by atoms with Crippen molar-refractivity contribution in [3.05, 3.63) is 95.4 Å². The van der Waals surface area contributed by atoms with E-state index in [0.29, 0.717) is 17.8 Å². The largest absolute Gasteiger partial charge is 0.369 e. The topological polar surface area (TPSA) is 122 Å². The zero-order valence-electron chi connectivity index (χ0n) is 37.6. The number of hydrogen-bond acceptors (Lipinski definition) is 10. The summed E-state index contributed by atoms with van der Waals surface area (Å²) >= 11 is 0. The number of benzene rings is 2. The average molecular weight is 853 g/mol. The van der Waals surface area contributed by atoms with Gasteiger partial charge < -0.3 is 19.6 Å². The minimum Gasteiger partial charge on any atom is -0.369 e. The number of anilines is 2. The molecule has 4 aliphatic rings. The Balaban J connectivity index is 0.732. The van der Waals surface area contributed by atoms with E-state index in [9.17, 15) is 19.2 Å². The first-order chi connectivity index (χ1) is 30.5. The van der Waals surface area contributed by atoms with Crippen molar-refractivity contribution >= 4 is 35.5 Å². The lowest BCUT2D eigenvalue weighted by Gasteiger charge is -2.40. The zero-order chi connectivity index (χ0) is 44.0. The van der Waals surface area contributed by atoms with Gasteiger partial charge in [-0.3, -0.25) is 34.4 Å². The summed E-state index contributed by atoms with van der Waals surface area (Å²) in [6, 6.07) is 17.9. The summed E-state index contributed by atoms with van der Waals surface area (Å²) in [5.41, 5.74) is 8.88. The van der Waals surface area contributed by atoms with Gasteiger partial charge in [0.05, 0.1) is 5.56 Å². The van der Waals surface area contributed by atoms with E-state index in [1.807, 2.05) is 24.7 Å². The molecule has 2 aromatic carbocycles. The summed E-state index contributed by atoms with van der Waals surface area (Å²) in [4.78, 5) is 70.1. The highest BCUT2D eigenvalue weighted by atomic mass is 16.2. The number of nitrogens with one attached hydrogen (secondary N) is 1. The third-order valence-corrected chi connectivity index (χ3v) is 14.2. The van der Waals surface area contributed by atoms with E-state index >= 15 is 0 Å². The molecule has 0 radical (unpaired) electrons. The third-order valence-electron chi connectivity index (χ3n) is 14.2. The number of pyridine rings is 2. The summed E-state index contributed by atoms with van der Waals surface area (Å²) in [6.45, 7) is 17.1. The molecule has 2 aromatic heterocycles. The van der Waals surface area contributed by atoms with Crippen LogP contribution in [-0.2, 0) is 9.59 Å². The first-order valence-electron chi connectivity index (χ1n) is 23.2. The van der Waals surface area contributed by atoms with E-state index in [4.69, 9.17) is 4.98 Å². The molecule has 0 bridgehead atoms. The van der Waals surface area contributed by atoms with Crippen molar-refractivity contribution in [2.75, 3.05) is 82.3 Å². The number of piperazine rings is 1. The first kappa shape index (κ1) is 44.2. The van der Waals surface area contributed by atoms with Gasteiger partial charge in [-0.05, 0) is 141 Å². The quantitative estimate of drug-likeness (QED) is 0.110. The molecule has 0 saturated carbocycles. The number of hydrogen-bond donors (Lipinski definition) is 1. The minimum absolute atomic E-state index is 0.182. The zero-order valence-corrected chi connectivity index (χ0v) is 37.6. The van der Waals surface area contributed by atoms with E-state index in [-0.39, 0.29) is 24.3 Å². The number of nitrogens with zero attached hydrogens (tertiary/aromatic N) is 7. The Morgan fingerprint density at radius 1 is 0.810 bits per heavy atom. The molecule has 0 aliphatic carbocycles. The highest BCUT2D eigenvalue weighted by Crippen LogP contribution is 2.34. The SMILES string of the molecule is Cc1cc(-c2ccc(N3CCC(CCN4CCC(CN5CCN(c6ccc(C(=O)N(C)C7CCC(=O)NC7=O)c(C=O)c6)CC5)CC4)CC3)nc2)ccc1-c1cnccc1C(C)C. The monoisotopic (exact) mass is 853 g/mol. The normalized spacial score (nSPS) is 19.7. The Bertz CT molecular complexity index is 2260. The third kappa shape index (κ3) is 10.3. The molecule has 4 saturated heterocycles. The molecule has 63 heavy (non-hydrogen) atoms. The van der Waals surface area contributed by atoms with Crippen LogP contribution in [0.5, 0.6) is 0 Å². The molecule has 4 fully saturated rings. The fraction of sp³-hybridized carbons (Fsp3) is 0.490. The highest BCUT2D eigenvalue weighted by Gasteiger charge is 2.34. The maximum absolute atomic E-state index is 13.3. The standard InChI is InChI=1S/C51H64N8O4/c1-35(2)43-13-19-52-32-46(43)44-8-5-39(29-36(44)3)40-6-11-48(53-31-40)59-23-17-37(18-24-59)14-20-56-21-15-38(16-22-56)33-57-25-27-58(28-26-57)42-7-9-45(41(30-42)34-60)51(63)55(4)47-10-12-49(61)54-50(47)62/h5-9,11,13,19,29-32,34-35,37-38,47H,10,12,14-18,20-28,33H2,1-4H3,(H,54,61,62). The van der Waals surface area contributed by atoms with Gasteiger partial charge in [0, 0.05) is 100 Å². The van der Waals surface area contributed by atoms with Crippen LogP contribution in [0.3, 0.4) is 0 Å². The van der Waals surface area contributed by atoms with Crippen molar-refractivity contribution in [1.29, 1.82) is 0 Å². The molecule has 12 nitrogen and oxygen atoms in total. The number of piperidine rings is 3. The van der Waals surface area contributed by atoms with Crippen molar-refractivity contribution in [1.82, 2.24) is 30.0 Å². The Labute approximate surface area is 373 Å². The van der Waals surface area contributed by atoms with Crippen molar-refractivity contribution in [2.24, 2.45) is 11.8 Å². The van der Waals surface area contributed by atoms with E-state index < -0.39 is 17.9 Å². The van der Waals surface area contributed by atoms with Crippen LogP contribution in [0.4, 0.5) is 11.5 Å². The lowest BCUT2D eigenvalue weighted by atomic mass is 9.90. The smallest absolute Gasteiger partial charge is 0.255 e. The summed E-state index contributed by atoms with van der Waals surface area (Å²) in [7, 11) is 1.55. The Morgan fingerprint density at radius 2 is 1.56 bits per heavy atom. The molecular formula is C51H64N8O4. The molecule has 4 aliphatic heterocycles. The maximum Gasteiger partial charge on any atom is 0.255 e. The number of rotatable bonds is 13. The molecular weight excluding hydrogens is 789 g/mol. The number of likely N-dealkylation sites (tertiary alicyclic amines) is 1. The average Bonchev–Trinajstić information content (AvgIpc) is 3.31. The van der Waals surface area contributed by atoms with Gasteiger partial charge in [0.25, 0.3) is 5.91 Å². The number of aryl methyl sites for hydroxylation is 1. The molecule has 8 rings (SSSR count). The summed E-state index contributed by atoms with van der Waals surface area (Å²) in [6.07, 6.45) is 13.3. The van der Waals surface area contributed by atoms with Gasteiger partial charge in [0.1, 0.15) is 11.9 Å². The number of carbonyl (C=O) groups is 4. The first-order valence-corrected chi connectivity index (χ1v) is 23.2. The number of aldehydes is 1. The second-order valence-electron chi connectivity index (χ2n) is 18.6. The summed E-state index contributed by atoms with van der Waals surface area (Å²) < 4.78 is 0. The summed E-state index contributed by atoms with van der Waals surface area (Å²) in [5.74, 6) is 1.80. The Kier molecular flexibility index (Phi) is 14.0. The number of carbonyl (C=O) groups excluding carboxylic acids is 4. The van der Waals surface area contributed by atoms with Crippen LogP contribution >= 0.6 is 0 Å². The Hall–Kier alpha value is -5.46. The van der Waals surface area contributed by atoms with Gasteiger partial charge in [0.2, 0.25) is 11.8 Å². The fourth-order valence-corrected chi connectivity index (χ4v) is 10.2. The van der Waals surface area contributed by atoms with Crippen LogP contribution in [0.1, 0.15) is 96.6 Å². The molecule has 332 valence electrons. The van der Waals surface area contributed by atoms with Crippen molar-refractivity contribution < 1.29 is 19.2 Å². The van der Waals surface area contributed by atoms with Gasteiger partial charge in [-0.1, -0.05) is 32.0 Å². The van der Waals surface area contributed by atoms with E-state index in [0.717, 1.165) is 74.7 Å². The second kappa shape index (κ2) is 19.9. The van der Waals surface area contributed by atoms with Gasteiger partial charge >= 0.3 is 0 Å². The van der Waals surface area contributed by atoms with Gasteiger partial charge in [-0.2, -0.15) is 0 Å². The van der Waals surface area contributed by atoms with Crippen LogP contribution < -0.4 is 15.1 Å². The molecule has 12 heteroatoms. The number of aromatic nitrogens is 2. The minimum atomic E-state index is -0.739. The predicted molar refractivity (Wildman–Crippen MR) is 249 cm³/mol. The summed E-state index contributed by atoms with van der Waals surface area (Å²) in [5, 5.41) is 2.30. The highest BCUT2D eigenvalue weighted by molar-refractivity contribution is 6.06. The van der Waals surface area contributed by atoms with Crippen molar-refractivity contribution in [2.45, 2.75) is 77.7 Å². The molecule has 3 amide bonds. The number of likely N-dealkylation sites (N-methyl/N-ethyl adjacent to an activating group) is 1. The lowest BCUT2D eigenvalue weighted by Crippen LogP contribution is -2.53. The van der Waals surface area contributed by atoms with Crippen LogP contribution in [0.2, 0.25) is 0 Å². The van der Waals surface area contributed by atoms with Crippen molar-refractivity contribution in [3.63, 3.8) is 0 Å². The van der Waals surface area contributed by atoms with Crippen LogP contribution in [0, 0.1) is 18.8 Å². The van der Waals surface area contributed by atoms with Crippen molar-refractivity contribution in [3.8, 4) is 22.3 Å². The van der Waals surface area contributed by atoms with Gasteiger partial charge in [-0.15, -0.1) is 0 Å². The second-order valence-corrected chi connectivity index (χ2v) is 18.6. The maximum atomic E-state index is 13.3. The number of amides is 3. The molecule has 0 spiro atoms. The van der Waals surface area contributed by atoms with Gasteiger partial charge in [0.15, 0.2) is 6.29 Å². The van der Waals surface area contributed by atoms with E-state index in [1.54, 1.807) is 19.2 Å². The number of imide groups is 1.